The summed E-state index contributed by atoms with van der Waals surface area (Å²) < 4.78 is 5.48. The Labute approximate surface area is 144 Å². The van der Waals surface area contributed by atoms with Gasteiger partial charge in [-0.2, -0.15) is 0 Å². The second kappa shape index (κ2) is 6.50. The lowest BCUT2D eigenvalue weighted by molar-refractivity contribution is 0.0184. The molecule has 0 saturated carbocycles. The van der Waals surface area contributed by atoms with Crippen molar-refractivity contribution in [1.29, 1.82) is 0 Å². The van der Waals surface area contributed by atoms with Crippen molar-refractivity contribution in [3.05, 3.63) is 35.5 Å². The Balaban J connectivity index is 1.61. The third-order valence-electron chi connectivity index (χ3n) is 4.79. The zero-order valence-electron chi connectivity index (χ0n) is 15.2. The minimum absolute atomic E-state index is 0.177. The van der Waals surface area contributed by atoms with Gasteiger partial charge in [0, 0.05) is 29.7 Å². The number of rotatable bonds is 2. The summed E-state index contributed by atoms with van der Waals surface area (Å²) in [5.74, 6) is 0.626. The lowest BCUT2D eigenvalue weighted by Gasteiger charge is -2.33. The molecule has 1 aromatic heterocycles. The molecular formula is C20H28N2O2. The second-order valence-corrected chi connectivity index (χ2v) is 7.89. The molecule has 130 valence electrons. The normalized spacial score (nSPS) is 16.6. The first kappa shape index (κ1) is 16.9. The number of H-pyrrole nitrogens is 1. The van der Waals surface area contributed by atoms with Gasteiger partial charge in [-0.25, -0.2) is 4.79 Å². The highest BCUT2D eigenvalue weighted by Crippen LogP contribution is 2.29. The Morgan fingerprint density at radius 3 is 2.58 bits per heavy atom. The van der Waals surface area contributed by atoms with E-state index < -0.39 is 5.60 Å². The summed E-state index contributed by atoms with van der Waals surface area (Å²) in [6.45, 7) is 9.49. The molecule has 2 aromatic rings. The predicted octanol–water partition coefficient (Wildman–Crippen LogP) is 4.67. The fourth-order valence-corrected chi connectivity index (χ4v) is 3.53. The van der Waals surface area contributed by atoms with E-state index in [0.717, 1.165) is 32.4 Å². The maximum absolute atomic E-state index is 12.2. The van der Waals surface area contributed by atoms with E-state index in [2.05, 4.69) is 36.2 Å². The standard InChI is InChI=1S/C20H28N2O2/c1-14-17(16-7-5-6-8-18(16)21-14)13-15-9-11-22(12-10-15)19(23)24-20(2,3)4/h5-8,15,21H,9-13H2,1-4H3. The van der Waals surface area contributed by atoms with E-state index >= 15 is 0 Å². The molecule has 2 heterocycles. The van der Waals surface area contributed by atoms with Gasteiger partial charge in [0.2, 0.25) is 0 Å². The molecule has 1 aromatic carbocycles. The maximum atomic E-state index is 12.2. The van der Waals surface area contributed by atoms with E-state index in [9.17, 15) is 4.79 Å². The van der Waals surface area contributed by atoms with Gasteiger partial charge in [-0.3, -0.25) is 0 Å². The van der Waals surface area contributed by atoms with Crippen LogP contribution in [0.5, 0.6) is 0 Å². The van der Waals surface area contributed by atoms with Crippen LogP contribution >= 0.6 is 0 Å². The lowest BCUT2D eigenvalue weighted by atomic mass is 9.89. The van der Waals surface area contributed by atoms with Gasteiger partial charge in [-0.05, 0) is 64.5 Å². The van der Waals surface area contributed by atoms with Gasteiger partial charge in [0.1, 0.15) is 5.60 Å². The van der Waals surface area contributed by atoms with Crippen LogP contribution in [0.2, 0.25) is 0 Å². The molecule has 1 N–H and O–H groups in total. The molecule has 4 heteroatoms. The minimum atomic E-state index is -0.422. The summed E-state index contributed by atoms with van der Waals surface area (Å²) in [6, 6.07) is 8.51. The molecule has 0 atom stereocenters. The van der Waals surface area contributed by atoms with Gasteiger partial charge < -0.3 is 14.6 Å². The Hall–Kier alpha value is -1.97. The van der Waals surface area contributed by atoms with Crippen LogP contribution in [0, 0.1) is 12.8 Å². The van der Waals surface area contributed by atoms with E-state index in [4.69, 9.17) is 4.74 Å². The zero-order valence-corrected chi connectivity index (χ0v) is 15.2. The first-order valence-corrected chi connectivity index (χ1v) is 8.87. The van der Waals surface area contributed by atoms with Crippen molar-refractivity contribution in [2.45, 2.75) is 52.6 Å². The first-order valence-electron chi connectivity index (χ1n) is 8.87. The third kappa shape index (κ3) is 3.74. The van der Waals surface area contributed by atoms with Crippen LogP contribution in [0.4, 0.5) is 4.79 Å². The number of para-hydroxylation sites is 1. The summed E-state index contributed by atoms with van der Waals surface area (Å²) >= 11 is 0. The Kier molecular flexibility index (Phi) is 4.57. The van der Waals surface area contributed by atoms with Gasteiger partial charge in [-0.15, -0.1) is 0 Å². The molecule has 1 amide bonds. The van der Waals surface area contributed by atoms with Crippen molar-refractivity contribution in [2.24, 2.45) is 5.92 Å². The summed E-state index contributed by atoms with van der Waals surface area (Å²) in [4.78, 5) is 17.5. The largest absolute Gasteiger partial charge is 0.444 e. The van der Waals surface area contributed by atoms with Gasteiger partial charge in [0.05, 0.1) is 0 Å². The summed E-state index contributed by atoms with van der Waals surface area (Å²) in [5.41, 5.74) is 3.50. The Bertz CT molecular complexity index is 719. The molecule has 0 spiro atoms. The fraction of sp³-hybridized carbons (Fsp3) is 0.550. The van der Waals surface area contributed by atoms with Crippen LogP contribution in [0.15, 0.2) is 24.3 Å². The average Bonchev–Trinajstić information content (AvgIpc) is 2.82. The summed E-state index contributed by atoms with van der Waals surface area (Å²) in [6.07, 6.45) is 2.98. The quantitative estimate of drug-likeness (QED) is 0.871. The number of amides is 1. The van der Waals surface area contributed by atoms with Gasteiger partial charge in [-0.1, -0.05) is 18.2 Å². The van der Waals surface area contributed by atoms with Crippen molar-refractivity contribution in [3.63, 3.8) is 0 Å². The minimum Gasteiger partial charge on any atom is -0.444 e. The van der Waals surface area contributed by atoms with E-state index in [-0.39, 0.29) is 6.09 Å². The number of ether oxygens (including phenoxy) is 1. The number of aromatic nitrogens is 1. The molecule has 0 aliphatic carbocycles. The predicted molar refractivity (Wildman–Crippen MR) is 97.3 cm³/mol. The number of likely N-dealkylation sites (tertiary alicyclic amines) is 1. The van der Waals surface area contributed by atoms with E-state index in [1.54, 1.807) is 0 Å². The van der Waals surface area contributed by atoms with Crippen LogP contribution in [-0.2, 0) is 11.2 Å². The number of fused-ring (bicyclic) bond motifs is 1. The first-order chi connectivity index (χ1) is 11.3. The molecule has 1 fully saturated rings. The van der Waals surface area contributed by atoms with Crippen LogP contribution < -0.4 is 0 Å². The molecule has 0 bridgehead atoms. The number of nitrogens with zero attached hydrogens (tertiary/aromatic N) is 1. The van der Waals surface area contributed by atoms with E-state index in [0.29, 0.717) is 5.92 Å². The number of piperidine rings is 1. The third-order valence-corrected chi connectivity index (χ3v) is 4.79. The van der Waals surface area contributed by atoms with Crippen LogP contribution in [0.25, 0.3) is 10.9 Å². The van der Waals surface area contributed by atoms with Crippen LogP contribution in [-0.4, -0.2) is 34.7 Å². The topological polar surface area (TPSA) is 45.3 Å². The van der Waals surface area contributed by atoms with Crippen LogP contribution in [0.1, 0.15) is 44.9 Å². The van der Waals surface area contributed by atoms with Gasteiger partial charge in [0.25, 0.3) is 0 Å². The Morgan fingerprint density at radius 2 is 1.92 bits per heavy atom. The van der Waals surface area contributed by atoms with Crippen molar-refractivity contribution < 1.29 is 9.53 Å². The number of benzene rings is 1. The van der Waals surface area contributed by atoms with Gasteiger partial charge in [0.15, 0.2) is 0 Å². The molecule has 4 nitrogen and oxygen atoms in total. The lowest BCUT2D eigenvalue weighted by Crippen LogP contribution is -2.42. The smallest absolute Gasteiger partial charge is 0.410 e. The number of aryl methyl sites for hydroxylation is 1. The molecular weight excluding hydrogens is 300 g/mol. The monoisotopic (exact) mass is 328 g/mol. The number of hydrogen-bond acceptors (Lipinski definition) is 2. The Morgan fingerprint density at radius 1 is 1.25 bits per heavy atom. The van der Waals surface area contributed by atoms with Crippen molar-refractivity contribution in [3.8, 4) is 0 Å². The number of hydrogen-bond donors (Lipinski definition) is 1. The van der Waals surface area contributed by atoms with E-state index in [1.165, 1.54) is 22.2 Å². The SMILES string of the molecule is Cc1[nH]c2ccccc2c1CC1CCN(C(=O)OC(C)(C)C)CC1. The van der Waals surface area contributed by atoms with Gasteiger partial charge >= 0.3 is 6.09 Å². The molecule has 24 heavy (non-hydrogen) atoms. The molecule has 3 rings (SSSR count). The van der Waals surface area contributed by atoms with Crippen LogP contribution in [0.3, 0.4) is 0 Å². The van der Waals surface area contributed by atoms with Crippen molar-refractivity contribution in [2.75, 3.05) is 13.1 Å². The van der Waals surface area contributed by atoms with Crippen molar-refractivity contribution >= 4 is 17.0 Å². The molecule has 0 unspecified atom stereocenters. The fourth-order valence-electron chi connectivity index (χ4n) is 3.53. The molecule has 1 aliphatic heterocycles. The van der Waals surface area contributed by atoms with Crippen molar-refractivity contribution in [1.82, 2.24) is 9.88 Å². The summed E-state index contributed by atoms with van der Waals surface area (Å²) in [7, 11) is 0. The molecule has 1 aliphatic rings. The number of nitrogens with one attached hydrogen (secondary N) is 1. The molecule has 1 saturated heterocycles. The number of aromatic amines is 1. The maximum Gasteiger partial charge on any atom is 0.410 e. The van der Waals surface area contributed by atoms with E-state index in [1.807, 2.05) is 25.7 Å². The number of carbonyl (C=O) groups is 1. The highest BCUT2D eigenvalue weighted by Gasteiger charge is 2.27. The summed E-state index contributed by atoms with van der Waals surface area (Å²) in [5, 5.41) is 1.34. The highest BCUT2D eigenvalue weighted by atomic mass is 16.6. The number of carbonyl (C=O) groups excluding carboxylic acids is 1. The zero-order chi connectivity index (χ0) is 17.3. The average molecular weight is 328 g/mol. The second-order valence-electron chi connectivity index (χ2n) is 7.89. The highest BCUT2D eigenvalue weighted by molar-refractivity contribution is 5.84. The molecule has 0 radical (unpaired) electrons.